The molecular formula is C24H38N4O5S. The van der Waals surface area contributed by atoms with E-state index in [1.165, 1.54) is 25.7 Å². The molecule has 2 saturated heterocycles. The lowest BCUT2D eigenvalue weighted by Gasteiger charge is -2.39. The van der Waals surface area contributed by atoms with Crippen molar-refractivity contribution in [2.75, 3.05) is 46.4 Å². The molecule has 10 heteroatoms. The smallest absolute Gasteiger partial charge is 0.241 e. The van der Waals surface area contributed by atoms with Crippen LogP contribution in [0, 0.1) is 5.92 Å². The number of carbonyl (C=O) groups is 2. The summed E-state index contributed by atoms with van der Waals surface area (Å²) in [6.07, 6.45) is 3.28. The van der Waals surface area contributed by atoms with E-state index in [2.05, 4.69) is 16.5 Å². The Morgan fingerprint density at radius 3 is 2.26 bits per heavy atom. The van der Waals surface area contributed by atoms with E-state index in [0.29, 0.717) is 38.5 Å². The summed E-state index contributed by atoms with van der Waals surface area (Å²) in [5.74, 6) is 0.254. The molecule has 2 heterocycles. The lowest BCUT2D eigenvalue weighted by molar-refractivity contribution is -0.138. The number of ether oxygens (including phenoxy) is 1. The second kappa shape index (κ2) is 11.5. The maximum absolute atomic E-state index is 13.3. The molecule has 0 aliphatic carbocycles. The Labute approximate surface area is 203 Å². The standard InChI is InChI=1S/C24H38N4O5S/c1-18(2)23(25-34(31,32)21-10-8-20(33-4)9-11-21)24(30)27-15-13-26(14-16-27)17-22(29)28-12-6-5-7-19(28)3/h8-11,18-19,23,25H,5-7,12-17H2,1-4H3/t19?,23-/m0/s1. The summed E-state index contributed by atoms with van der Waals surface area (Å²) in [6.45, 7) is 9.07. The Morgan fingerprint density at radius 1 is 1.06 bits per heavy atom. The summed E-state index contributed by atoms with van der Waals surface area (Å²) >= 11 is 0. The lowest BCUT2D eigenvalue weighted by Crippen LogP contribution is -2.57. The van der Waals surface area contributed by atoms with Crippen LogP contribution >= 0.6 is 0 Å². The van der Waals surface area contributed by atoms with E-state index < -0.39 is 16.1 Å². The largest absolute Gasteiger partial charge is 0.497 e. The number of sulfonamides is 1. The predicted octanol–water partition coefficient (Wildman–Crippen LogP) is 1.54. The molecule has 2 aliphatic heterocycles. The molecule has 3 rings (SSSR count). The number of methoxy groups -OCH3 is 1. The Kier molecular flexibility index (Phi) is 8.95. The Morgan fingerprint density at radius 2 is 1.71 bits per heavy atom. The number of benzene rings is 1. The highest BCUT2D eigenvalue weighted by molar-refractivity contribution is 7.89. The molecule has 0 aromatic heterocycles. The van der Waals surface area contributed by atoms with Crippen LogP contribution < -0.4 is 9.46 Å². The molecule has 190 valence electrons. The zero-order valence-corrected chi connectivity index (χ0v) is 21.5. The van der Waals surface area contributed by atoms with E-state index in [1.54, 1.807) is 17.0 Å². The van der Waals surface area contributed by atoms with Gasteiger partial charge in [-0.05, 0) is 56.4 Å². The molecule has 0 spiro atoms. The average molecular weight is 495 g/mol. The number of nitrogens with one attached hydrogen (secondary N) is 1. The third-order valence-corrected chi connectivity index (χ3v) is 8.21. The number of carbonyl (C=O) groups excluding carboxylic acids is 2. The van der Waals surface area contributed by atoms with Gasteiger partial charge in [-0.1, -0.05) is 13.8 Å². The fourth-order valence-electron chi connectivity index (χ4n) is 4.54. The van der Waals surface area contributed by atoms with Crippen molar-refractivity contribution >= 4 is 21.8 Å². The normalized spacial score (nSPS) is 20.9. The van der Waals surface area contributed by atoms with Crippen molar-refractivity contribution in [3.05, 3.63) is 24.3 Å². The van der Waals surface area contributed by atoms with Crippen LogP contribution in [0.3, 0.4) is 0 Å². The molecule has 34 heavy (non-hydrogen) atoms. The number of nitrogens with zero attached hydrogens (tertiary/aromatic N) is 3. The fourth-order valence-corrected chi connectivity index (χ4v) is 5.87. The van der Waals surface area contributed by atoms with Crippen molar-refractivity contribution in [2.45, 2.75) is 57.0 Å². The molecular weight excluding hydrogens is 456 g/mol. The number of rotatable bonds is 8. The molecule has 2 amide bonds. The van der Waals surface area contributed by atoms with Gasteiger partial charge < -0.3 is 14.5 Å². The van der Waals surface area contributed by atoms with Crippen molar-refractivity contribution in [1.29, 1.82) is 0 Å². The number of hydrogen-bond acceptors (Lipinski definition) is 6. The highest BCUT2D eigenvalue weighted by atomic mass is 32.2. The number of amides is 2. The van der Waals surface area contributed by atoms with Crippen molar-refractivity contribution in [2.24, 2.45) is 5.92 Å². The van der Waals surface area contributed by atoms with Crippen LogP contribution in [-0.4, -0.2) is 93.4 Å². The van der Waals surface area contributed by atoms with E-state index in [9.17, 15) is 18.0 Å². The highest BCUT2D eigenvalue weighted by Crippen LogP contribution is 2.19. The monoisotopic (exact) mass is 494 g/mol. The molecule has 2 aliphatic rings. The van der Waals surface area contributed by atoms with Gasteiger partial charge in [-0.15, -0.1) is 0 Å². The second-order valence-corrected chi connectivity index (χ2v) is 11.3. The second-order valence-electron chi connectivity index (χ2n) is 9.55. The summed E-state index contributed by atoms with van der Waals surface area (Å²) < 4.78 is 33.5. The van der Waals surface area contributed by atoms with Gasteiger partial charge in [0, 0.05) is 38.8 Å². The minimum Gasteiger partial charge on any atom is -0.497 e. The fraction of sp³-hybridized carbons (Fsp3) is 0.667. The third kappa shape index (κ3) is 6.49. The predicted molar refractivity (Wildman–Crippen MR) is 130 cm³/mol. The first kappa shape index (κ1) is 26.4. The van der Waals surface area contributed by atoms with E-state index in [1.807, 2.05) is 18.7 Å². The number of hydrogen-bond donors (Lipinski definition) is 1. The molecule has 1 aromatic carbocycles. The Balaban J connectivity index is 1.57. The van der Waals surface area contributed by atoms with Crippen LogP contribution in [0.2, 0.25) is 0 Å². The van der Waals surface area contributed by atoms with E-state index in [-0.39, 0.29) is 28.7 Å². The van der Waals surface area contributed by atoms with Gasteiger partial charge in [-0.25, -0.2) is 8.42 Å². The molecule has 2 fully saturated rings. The van der Waals surface area contributed by atoms with Gasteiger partial charge in [0.1, 0.15) is 11.8 Å². The molecule has 1 unspecified atom stereocenters. The third-order valence-electron chi connectivity index (χ3n) is 6.75. The van der Waals surface area contributed by atoms with E-state index in [0.717, 1.165) is 19.4 Å². The molecule has 0 bridgehead atoms. The van der Waals surface area contributed by atoms with Crippen molar-refractivity contribution in [3.63, 3.8) is 0 Å². The molecule has 2 atom stereocenters. The summed E-state index contributed by atoms with van der Waals surface area (Å²) in [5.41, 5.74) is 0. The van der Waals surface area contributed by atoms with Gasteiger partial charge in [0.15, 0.2) is 0 Å². The van der Waals surface area contributed by atoms with E-state index >= 15 is 0 Å². The minimum atomic E-state index is -3.87. The van der Waals surface area contributed by atoms with Gasteiger partial charge >= 0.3 is 0 Å². The van der Waals surface area contributed by atoms with Crippen LogP contribution in [0.25, 0.3) is 0 Å². The molecule has 0 radical (unpaired) electrons. The Bertz CT molecular complexity index is 943. The van der Waals surface area contributed by atoms with Crippen molar-refractivity contribution < 1.29 is 22.7 Å². The van der Waals surface area contributed by atoms with Crippen LogP contribution in [-0.2, 0) is 19.6 Å². The number of piperazine rings is 1. The number of likely N-dealkylation sites (tertiary alicyclic amines) is 1. The topological polar surface area (TPSA) is 99.3 Å². The first-order valence-electron chi connectivity index (χ1n) is 12.1. The summed E-state index contributed by atoms with van der Waals surface area (Å²) in [5, 5.41) is 0. The van der Waals surface area contributed by atoms with Crippen LogP contribution in [0.1, 0.15) is 40.0 Å². The van der Waals surface area contributed by atoms with Crippen LogP contribution in [0.15, 0.2) is 29.2 Å². The van der Waals surface area contributed by atoms with Crippen molar-refractivity contribution in [3.8, 4) is 5.75 Å². The first-order chi connectivity index (χ1) is 16.1. The molecule has 9 nitrogen and oxygen atoms in total. The minimum absolute atomic E-state index is 0.0852. The van der Waals surface area contributed by atoms with Gasteiger partial charge in [0.2, 0.25) is 21.8 Å². The van der Waals surface area contributed by atoms with Gasteiger partial charge in [0.25, 0.3) is 0 Å². The number of piperidine rings is 1. The van der Waals surface area contributed by atoms with E-state index in [4.69, 9.17) is 4.74 Å². The van der Waals surface area contributed by atoms with Gasteiger partial charge in [-0.2, -0.15) is 4.72 Å². The summed E-state index contributed by atoms with van der Waals surface area (Å²) in [4.78, 5) is 31.8. The van der Waals surface area contributed by atoms with Crippen LogP contribution in [0.4, 0.5) is 0 Å². The van der Waals surface area contributed by atoms with Crippen LogP contribution in [0.5, 0.6) is 5.75 Å². The Hall–Kier alpha value is -2.17. The molecule has 1 N–H and O–H groups in total. The molecule has 0 saturated carbocycles. The highest BCUT2D eigenvalue weighted by Gasteiger charge is 2.34. The molecule has 1 aromatic rings. The first-order valence-corrected chi connectivity index (χ1v) is 13.6. The maximum Gasteiger partial charge on any atom is 0.241 e. The summed E-state index contributed by atoms with van der Waals surface area (Å²) in [6, 6.07) is 5.49. The summed E-state index contributed by atoms with van der Waals surface area (Å²) in [7, 11) is -2.36. The quantitative estimate of drug-likeness (QED) is 0.589. The van der Waals surface area contributed by atoms with Gasteiger partial charge in [0.05, 0.1) is 18.6 Å². The zero-order chi connectivity index (χ0) is 24.9. The maximum atomic E-state index is 13.3. The van der Waals surface area contributed by atoms with Crippen molar-refractivity contribution in [1.82, 2.24) is 19.4 Å². The van der Waals surface area contributed by atoms with Gasteiger partial charge in [-0.3, -0.25) is 14.5 Å². The SMILES string of the molecule is COc1ccc(S(=O)(=O)N[C@H](C(=O)N2CCN(CC(=O)N3CCCCC3C)CC2)C(C)C)cc1. The lowest BCUT2D eigenvalue weighted by atomic mass is 10.0. The zero-order valence-electron chi connectivity index (χ0n) is 20.7. The average Bonchev–Trinajstić information content (AvgIpc) is 2.82.